The lowest BCUT2D eigenvalue weighted by atomic mass is 10.1. The zero-order valence-electron chi connectivity index (χ0n) is 14.6. The molecule has 0 aliphatic rings. The lowest BCUT2D eigenvalue weighted by Crippen LogP contribution is -2.37. The number of fused-ring (bicyclic) bond motifs is 1. The van der Waals surface area contributed by atoms with Crippen LogP contribution in [0.25, 0.3) is 10.9 Å². The maximum Gasteiger partial charge on any atom is 0.191 e. The van der Waals surface area contributed by atoms with E-state index in [9.17, 15) is 4.39 Å². The molecule has 1 heterocycles. The lowest BCUT2D eigenvalue weighted by Gasteiger charge is -2.12. The lowest BCUT2D eigenvalue weighted by molar-refractivity contribution is 0.604. The standard InChI is InChI=1S/C20H21FN4.HI/c1-2-22-20(24-13-16-7-3-4-11-18(16)21)25-14-17-9-5-8-15-10-6-12-23-19(15)17;/h3-12H,2,13-14H2,1H3,(H2,22,24,25);1H. The number of halogens is 2. The quantitative estimate of drug-likeness (QED) is 0.337. The first-order valence-corrected chi connectivity index (χ1v) is 8.36. The minimum atomic E-state index is -0.218. The normalized spacial score (nSPS) is 11.1. The van der Waals surface area contributed by atoms with E-state index in [1.54, 1.807) is 18.3 Å². The van der Waals surface area contributed by atoms with Crippen molar-refractivity contribution in [2.24, 2.45) is 4.99 Å². The molecule has 0 saturated carbocycles. The number of para-hydroxylation sites is 1. The molecular weight excluding hydrogens is 442 g/mol. The predicted molar refractivity (Wildman–Crippen MR) is 115 cm³/mol. The fourth-order valence-corrected chi connectivity index (χ4v) is 2.62. The van der Waals surface area contributed by atoms with Gasteiger partial charge in [-0.3, -0.25) is 4.98 Å². The number of pyridine rings is 1. The summed E-state index contributed by atoms with van der Waals surface area (Å²) in [5, 5.41) is 7.46. The summed E-state index contributed by atoms with van der Waals surface area (Å²) in [7, 11) is 0. The number of aromatic nitrogens is 1. The van der Waals surface area contributed by atoms with Gasteiger partial charge in [0, 0.05) is 30.2 Å². The number of nitrogens with one attached hydrogen (secondary N) is 2. The third kappa shape index (κ3) is 5.14. The Labute approximate surface area is 170 Å². The van der Waals surface area contributed by atoms with Crippen molar-refractivity contribution >= 4 is 40.8 Å². The highest BCUT2D eigenvalue weighted by Gasteiger charge is 2.04. The second-order valence-corrected chi connectivity index (χ2v) is 5.63. The number of hydrogen-bond donors (Lipinski definition) is 2. The minimum absolute atomic E-state index is 0. The van der Waals surface area contributed by atoms with E-state index in [-0.39, 0.29) is 29.8 Å². The molecule has 4 nitrogen and oxygen atoms in total. The van der Waals surface area contributed by atoms with Crippen molar-refractivity contribution in [3.63, 3.8) is 0 Å². The fraction of sp³-hybridized carbons (Fsp3) is 0.200. The minimum Gasteiger partial charge on any atom is -0.357 e. The second-order valence-electron chi connectivity index (χ2n) is 5.63. The van der Waals surface area contributed by atoms with Gasteiger partial charge in [0.25, 0.3) is 0 Å². The third-order valence-corrected chi connectivity index (χ3v) is 3.87. The van der Waals surface area contributed by atoms with E-state index in [1.807, 2.05) is 43.3 Å². The molecule has 2 aromatic carbocycles. The van der Waals surface area contributed by atoms with Crippen LogP contribution in [0.4, 0.5) is 4.39 Å². The average Bonchev–Trinajstić information content (AvgIpc) is 2.65. The van der Waals surface area contributed by atoms with Crippen LogP contribution in [0.15, 0.2) is 65.8 Å². The molecule has 0 aliphatic carbocycles. The van der Waals surface area contributed by atoms with Gasteiger partial charge < -0.3 is 10.6 Å². The largest absolute Gasteiger partial charge is 0.357 e. The summed E-state index contributed by atoms with van der Waals surface area (Å²) < 4.78 is 13.7. The molecule has 2 N–H and O–H groups in total. The first-order valence-electron chi connectivity index (χ1n) is 8.36. The summed E-state index contributed by atoms with van der Waals surface area (Å²) >= 11 is 0. The maximum atomic E-state index is 13.7. The first kappa shape index (κ1) is 20.1. The van der Waals surface area contributed by atoms with Gasteiger partial charge in [0.2, 0.25) is 0 Å². The fourth-order valence-electron chi connectivity index (χ4n) is 2.62. The summed E-state index contributed by atoms with van der Waals surface area (Å²) in [6.45, 7) is 3.61. The highest BCUT2D eigenvalue weighted by Crippen LogP contribution is 2.16. The molecule has 6 heteroatoms. The SMILES string of the molecule is CCNC(=NCc1cccc2cccnc12)NCc1ccccc1F.I. The number of guanidine groups is 1. The zero-order chi connectivity index (χ0) is 17.5. The monoisotopic (exact) mass is 464 g/mol. The Morgan fingerprint density at radius 3 is 2.58 bits per heavy atom. The molecule has 0 unspecified atom stereocenters. The van der Waals surface area contributed by atoms with Crippen molar-refractivity contribution < 1.29 is 4.39 Å². The van der Waals surface area contributed by atoms with Crippen LogP contribution in [0.3, 0.4) is 0 Å². The number of nitrogens with zero attached hydrogens (tertiary/aromatic N) is 2. The van der Waals surface area contributed by atoms with Gasteiger partial charge in [0.1, 0.15) is 5.82 Å². The van der Waals surface area contributed by atoms with Gasteiger partial charge in [-0.2, -0.15) is 0 Å². The zero-order valence-corrected chi connectivity index (χ0v) is 16.9. The van der Waals surface area contributed by atoms with Crippen molar-refractivity contribution in [3.8, 4) is 0 Å². The molecule has 0 radical (unpaired) electrons. The van der Waals surface area contributed by atoms with E-state index < -0.39 is 0 Å². The van der Waals surface area contributed by atoms with Gasteiger partial charge in [0.05, 0.1) is 12.1 Å². The van der Waals surface area contributed by atoms with Gasteiger partial charge in [-0.15, -0.1) is 24.0 Å². The second kappa shape index (κ2) is 10.1. The Bertz CT molecular complexity index is 877. The van der Waals surface area contributed by atoms with E-state index >= 15 is 0 Å². The molecule has 0 atom stereocenters. The molecule has 0 aliphatic heterocycles. The van der Waals surface area contributed by atoms with Crippen LogP contribution in [0.2, 0.25) is 0 Å². The Morgan fingerprint density at radius 1 is 1.00 bits per heavy atom. The summed E-state index contributed by atoms with van der Waals surface area (Å²) in [5.74, 6) is 0.433. The van der Waals surface area contributed by atoms with Crippen molar-refractivity contribution in [2.75, 3.05) is 6.54 Å². The maximum absolute atomic E-state index is 13.7. The predicted octanol–water partition coefficient (Wildman–Crippen LogP) is 4.25. The van der Waals surface area contributed by atoms with E-state index in [2.05, 4.69) is 20.6 Å². The summed E-state index contributed by atoms with van der Waals surface area (Å²) in [6.07, 6.45) is 1.79. The third-order valence-electron chi connectivity index (χ3n) is 3.87. The molecule has 136 valence electrons. The van der Waals surface area contributed by atoms with E-state index in [1.165, 1.54) is 6.07 Å². The van der Waals surface area contributed by atoms with E-state index in [0.717, 1.165) is 23.0 Å². The molecule has 3 rings (SSSR count). The molecule has 1 aromatic heterocycles. The van der Waals surface area contributed by atoms with E-state index in [4.69, 9.17) is 0 Å². The molecule has 0 saturated heterocycles. The Balaban J connectivity index is 0.00000243. The number of rotatable bonds is 5. The van der Waals surface area contributed by atoms with E-state index in [0.29, 0.717) is 24.6 Å². The van der Waals surface area contributed by atoms with Crippen LogP contribution >= 0.6 is 24.0 Å². The molecule has 0 bridgehead atoms. The molecule has 3 aromatic rings. The summed E-state index contributed by atoms with van der Waals surface area (Å²) in [5.41, 5.74) is 2.62. The van der Waals surface area contributed by atoms with Gasteiger partial charge in [-0.05, 0) is 24.6 Å². The Morgan fingerprint density at radius 2 is 1.77 bits per heavy atom. The molecular formula is C20H22FIN4. The van der Waals surface area contributed by atoms with Crippen LogP contribution in [-0.4, -0.2) is 17.5 Å². The van der Waals surface area contributed by atoms with Gasteiger partial charge in [0.15, 0.2) is 5.96 Å². The van der Waals surface area contributed by atoms with Gasteiger partial charge >= 0.3 is 0 Å². The number of benzene rings is 2. The van der Waals surface area contributed by atoms with Gasteiger partial charge in [-0.1, -0.05) is 42.5 Å². The molecule has 0 fully saturated rings. The highest BCUT2D eigenvalue weighted by molar-refractivity contribution is 14.0. The average molecular weight is 464 g/mol. The van der Waals surface area contributed by atoms with Gasteiger partial charge in [-0.25, -0.2) is 9.38 Å². The van der Waals surface area contributed by atoms with Crippen molar-refractivity contribution in [1.29, 1.82) is 0 Å². The smallest absolute Gasteiger partial charge is 0.191 e. The Kier molecular flexibility index (Phi) is 7.77. The van der Waals surface area contributed by atoms with Crippen LogP contribution in [0.1, 0.15) is 18.1 Å². The summed E-state index contributed by atoms with van der Waals surface area (Å²) in [4.78, 5) is 9.06. The molecule has 26 heavy (non-hydrogen) atoms. The van der Waals surface area contributed by atoms with Crippen molar-refractivity contribution in [1.82, 2.24) is 15.6 Å². The Hall–Kier alpha value is -2.22. The first-order chi connectivity index (χ1) is 12.3. The molecule has 0 amide bonds. The van der Waals surface area contributed by atoms with Crippen LogP contribution < -0.4 is 10.6 Å². The van der Waals surface area contributed by atoms with Crippen molar-refractivity contribution in [3.05, 3.63) is 77.7 Å². The topological polar surface area (TPSA) is 49.3 Å². The van der Waals surface area contributed by atoms with Crippen LogP contribution in [-0.2, 0) is 13.1 Å². The summed E-state index contributed by atoms with van der Waals surface area (Å²) in [6, 6.07) is 16.8. The van der Waals surface area contributed by atoms with Crippen LogP contribution in [0.5, 0.6) is 0 Å². The van der Waals surface area contributed by atoms with Crippen LogP contribution in [0, 0.1) is 5.82 Å². The highest BCUT2D eigenvalue weighted by atomic mass is 127. The molecule has 0 spiro atoms. The number of aliphatic imine (C=N–C) groups is 1. The van der Waals surface area contributed by atoms with Crippen molar-refractivity contribution in [2.45, 2.75) is 20.0 Å². The number of hydrogen-bond acceptors (Lipinski definition) is 2.